The van der Waals surface area contributed by atoms with Gasteiger partial charge in [-0.2, -0.15) is 0 Å². The van der Waals surface area contributed by atoms with E-state index >= 15 is 0 Å². The average molecular weight is 195 g/mol. The Morgan fingerprint density at radius 2 is 1.93 bits per heavy atom. The van der Waals surface area contributed by atoms with Crippen LogP contribution >= 0.6 is 0 Å². The number of hydrogen-bond acceptors (Lipinski definition) is 0. The monoisotopic (exact) mass is 195 g/mol. The summed E-state index contributed by atoms with van der Waals surface area (Å²) in [6.45, 7) is 3.95. The van der Waals surface area contributed by atoms with Crippen molar-refractivity contribution in [3.05, 3.63) is 36.0 Å². The van der Waals surface area contributed by atoms with E-state index < -0.39 is 11.6 Å². The standard InChI is InChI=1S/C11H11F2N/c1-7(2)14-4-3-9-10(13)5-8(12)6-11(9)14/h3-7H,1-2H3. The molecule has 0 N–H and O–H groups in total. The van der Waals surface area contributed by atoms with Crippen LogP contribution in [0.25, 0.3) is 10.9 Å². The third-order valence-electron chi connectivity index (χ3n) is 2.31. The van der Waals surface area contributed by atoms with Crippen LogP contribution in [0.2, 0.25) is 0 Å². The first-order valence-corrected chi connectivity index (χ1v) is 4.55. The summed E-state index contributed by atoms with van der Waals surface area (Å²) in [5.41, 5.74) is 0.609. The molecule has 0 spiro atoms. The van der Waals surface area contributed by atoms with Crippen LogP contribution in [-0.4, -0.2) is 4.57 Å². The molecule has 0 saturated heterocycles. The van der Waals surface area contributed by atoms with Crippen molar-refractivity contribution in [3.63, 3.8) is 0 Å². The maximum atomic E-state index is 13.3. The first-order valence-electron chi connectivity index (χ1n) is 4.55. The fourth-order valence-electron chi connectivity index (χ4n) is 1.64. The zero-order valence-electron chi connectivity index (χ0n) is 8.09. The first kappa shape index (κ1) is 9.19. The molecule has 1 nitrogen and oxygen atoms in total. The minimum atomic E-state index is -0.532. The molecule has 0 atom stereocenters. The van der Waals surface area contributed by atoms with Crippen molar-refractivity contribution in [3.8, 4) is 0 Å². The van der Waals surface area contributed by atoms with Crippen molar-refractivity contribution < 1.29 is 8.78 Å². The molecule has 1 aromatic carbocycles. The van der Waals surface area contributed by atoms with E-state index in [1.165, 1.54) is 6.07 Å². The molecule has 14 heavy (non-hydrogen) atoms. The van der Waals surface area contributed by atoms with Crippen LogP contribution in [-0.2, 0) is 0 Å². The van der Waals surface area contributed by atoms with E-state index in [1.807, 2.05) is 18.4 Å². The Morgan fingerprint density at radius 3 is 2.57 bits per heavy atom. The van der Waals surface area contributed by atoms with Gasteiger partial charge < -0.3 is 4.57 Å². The summed E-state index contributed by atoms with van der Waals surface area (Å²) in [5, 5.41) is 0.472. The minimum absolute atomic E-state index is 0.202. The topological polar surface area (TPSA) is 4.93 Å². The van der Waals surface area contributed by atoms with E-state index in [0.29, 0.717) is 10.9 Å². The normalized spacial score (nSPS) is 11.5. The van der Waals surface area contributed by atoms with Gasteiger partial charge >= 0.3 is 0 Å². The first-order chi connectivity index (χ1) is 6.59. The molecule has 2 aromatic rings. The molecule has 1 aromatic heterocycles. The van der Waals surface area contributed by atoms with Crippen LogP contribution in [0.1, 0.15) is 19.9 Å². The number of benzene rings is 1. The van der Waals surface area contributed by atoms with Gasteiger partial charge in [-0.3, -0.25) is 0 Å². The predicted octanol–water partition coefficient (Wildman–Crippen LogP) is 3.50. The summed E-state index contributed by atoms with van der Waals surface area (Å²) in [5.74, 6) is -1.03. The van der Waals surface area contributed by atoms with Crippen LogP contribution in [0.5, 0.6) is 0 Å². The third kappa shape index (κ3) is 1.29. The van der Waals surface area contributed by atoms with Gasteiger partial charge in [0, 0.05) is 23.7 Å². The lowest BCUT2D eigenvalue weighted by atomic mass is 10.2. The highest BCUT2D eigenvalue weighted by Gasteiger charge is 2.09. The van der Waals surface area contributed by atoms with Crippen molar-refractivity contribution in [2.75, 3.05) is 0 Å². The molecule has 0 amide bonds. The molecule has 0 aliphatic rings. The summed E-state index contributed by atoms with van der Waals surface area (Å²) >= 11 is 0. The molecule has 2 rings (SSSR count). The molecule has 0 aliphatic heterocycles. The van der Waals surface area contributed by atoms with E-state index in [4.69, 9.17) is 0 Å². The van der Waals surface area contributed by atoms with E-state index in [1.54, 1.807) is 12.3 Å². The highest BCUT2D eigenvalue weighted by molar-refractivity contribution is 5.81. The van der Waals surface area contributed by atoms with Gasteiger partial charge in [0.05, 0.1) is 5.52 Å². The zero-order chi connectivity index (χ0) is 10.3. The molecule has 0 bridgehead atoms. The molecular formula is C11H11F2N. The molecule has 1 heterocycles. The summed E-state index contributed by atoms with van der Waals surface area (Å²) in [7, 11) is 0. The highest BCUT2D eigenvalue weighted by Crippen LogP contribution is 2.23. The Labute approximate surface area is 81.0 Å². The van der Waals surface area contributed by atoms with Crippen LogP contribution in [0.4, 0.5) is 8.78 Å². The van der Waals surface area contributed by atoms with Crippen LogP contribution < -0.4 is 0 Å². The van der Waals surface area contributed by atoms with Crippen LogP contribution in [0.3, 0.4) is 0 Å². The van der Waals surface area contributed by atoms with E-state index in [-0.39, 0.29) is 6.04 Å². The molecule has 0 aliphatic carbocycles. The van der Waals surface area contributed by atoms with Crippen LogP contribution in [0, 0.1) is 11.6 Å². The lowest BCUT2D eigenvalue weighted by Crippen LogP contribution is -1.98. The van der Waals surface area contributed by atoms with Gasteiger partial charge in [0.15, 0.2) is 0 Å². The number of aromatic nitrogens is 1. The van der Waals surface area contributed by atoms with E-state index in [2.05, 4.69) is 0 Å². The van der Waals surface area contributed by atoms with Gasteiger partial charge in [-0.1, -0.05) is 0 Å². The van der Waals surface area contributed by atoms with Crippen molar-refractivity contribution in [2.45, 2.75) is 19.9 Å². The number of fused-ring (bicyclic) bond motifs is 1. The summed E-state index contributed by atoms with van der Waals surface area (Å²) in [6.07, 6.45) is 1.78. The quantitative estimate of drug-likeness (QED) is 0.656. The van der Waals surface area contributed by atoms with Gasteiger partial charge in [0.1, 0.15) is 11.6 Å². The second kappa shape index (κ2) is 3.08. The van der Waals surface area contributed by atoms with Gasteiger partial charge in [-0.25, -0.2) is 8.78 Å². The maximum Gasteiger partial charge on any atom is 0.135 e. The molecule has 0 fully saturated rings. The molecule has 74 valence electrons. The lowest BCUT2D eigenvalue weighted by molar-refractivity contribution is 0.586. The SMILES string of the molecule is CC(C)n1ccc2c(F)cc(F)cc21. The summed E-state index contributed by atoms with van der Waals surface area (Å²) < 4.78 is 28.1. The second-order valence-electron chi connectivity index (χ2n) is 3.64. The Kier molecular flexibility index (Phi) is 2.02. The molecule has 0 radical (unpaired) electrons. The van der Waals surface area contributed by atoms with Crippen LogP contribution in [0.15, 0.2) is 24.4 Å². The smallest absolute Gasteiger partial charge is 0.135 e. The average Bonchev–Trinajstić information content (AvgIpc) is 2.47. The Bertz CT molecular complexity index is 471. The molecule has 3 heteroatoms. The van der Waals surface area contributed by atoms with Crippen molar-refractivity contribution in [2.24, 2.45) is 0 Å². The number of nitrogens with zero attached hydrogens (tertiary/aromatic N) is 1. The molecular weight excluding hydrogens is 184 g/mol. The lowest BCUT2D eigenvalue weighted by Gasteiger charge is -2.08. The fraction of sp³-hybridized carbons (Fsp3) is 0.273. The Morgan fingerprint density at radius 1 is 1.21 bits per heavy atom. The van der Waals surface area contributed by atoms with Gasteiger partial charge in [-0.05, 0) is 26.0 Å². The van der Waals surface area contributed by atoms with Crippen molar-refractivity contribution in [1.29, 1.82) is 0 Å². The number of rotatable bonds is 1. The van der Waals surface area contributed by atoms with Crippen molar-refractivity contribution >= 4 is 10.9 Å². The maximum absolute atomic E-state index is 13.3. The minimum Gasteiger partial charge on any atom is -0.345 e. The Balaban J connectivity index is 2.78. The fourth-order valence-corrected chi connectivity index (χ4v) is 1.64. The predicted molar refractivity (Wildman–Crippen MR) is 52.2 cm³/mol. The van der Waals surface area contributed by atoms with Gasteiger partial charge in [-0.15, -0.1) is 0 Å². The van der Waals surface area contributed by atoms with Gasteiger partial charge in [0.2, 0.25) is 0 Å². The van der Waals surface area contributed by atoms with E-state index in [0.717, 1.165) is 6.07 Å². The zero-order valence-corrected chi connectivity index (χ0v) is 8.09. The largest absolute Gasteiger partial charge is 0.345 e. The summed E-state index contributed by atoms with van der Waals surface area (Å²) in [6, 6.07) is 4.14. The number of hydrogen-bond donors (Lipinski definition) is 0. The van der Waals surface area contributed by atoms with Crippen molar-refractivity contribution in [1.82, 2.24) is 4.57 Å². The Hall–Kier alpha value is -1.38. The molecule has 0 unspecified atom stereocenters. The summed E-state index contributed by atoms with van der Waals surface area (Å²) in [4.78, 5) is 0. The highest BCUT2D eigenvalue weighted by atomic mass is 19.1. The molecule has 0 saturated carbocycles. The number of halogens is 2. The third-order valence-corrected chi connectivity index (χ3v) is 2.31. The van der Waals surface area contributed by atoms with E-state index in [9.17, 15) is 8.78 Å². The second-order valence-corrected chi connectivity index (χ2v) is 3.64. The van der Waals surface area contributed by atoms with Gasteiger partial charge in [0.25, 0.3) is 0 Å².